The van der Waals surface area contributed by atoms with Crippen LogP contribution in [-0.2, 0) is 4.74 Å². The number of carbonyl (C=O) groups excluding carboxylic acids is 1. The maximum absolute atomic E-state index is 12.9. The summed E-state index contributed by atoms with van der Waals surface area (Å²) in [5.74, 6) is 1.15. The highest BCUT2D eigenvalue weighted by Gasteiger charge is 2.31. The van der Waals surface area contributed by atoms with E-state index >= 15 is 0 Å². The van der Waals surface area contributed by atoms with Crippen LogP contribution in [0.5, 0.6) is 0 Å². The van der Waals surface area contributed by atoms with Crippen LogP contribution in [0.1, 0.15) is 40.4 Å². The SMILES string of the molecule is Cc1cc([C@H]2CCCN2C(=O)c2ccccc2)cnc1N1CCOCC1. The van der Waals surface area contributed by atoms with E-state index in [1.165, 1.54) is 5.56 Å². The van der Waals surface area contributed by atoms with Gasteiger partial charge in [-0.15, -0.1) is 0 Å². The fourth-order valence-corrected chi connectivity index (χ4v) is 3.98. The van der Waals surface area contributed by atoms with Crippen molar-refractivity contribution in [1.82, 2.24) is 9.88 Å². The molecule has 2 aliphatic heterocycles. The number of nitrogens with zero attached hydrogens (tertiary/aromatic N) is 3. The van der Waals surface area contributed by atoms with Crippen LogP contribution >= 0.6 is 0 Å². The zero-order chi connectivity index (χ0) is 17.9. The zero-order valence-electron chi connectivity index (χ0n) is 15.2. The first-order valence-electron chi connectivity index (χ1n) is 9.39. The number of ether oxygens (including phenoxy) is 1. The number of hydrogen-bond donors (Lipinski definition) is 0. The summed E-state index contributed by atoms with van der Waals surface area (Å²) in [6.45, 7) is 6.20. The van der Waals surface area contributed by atoms with Crippen molar-refractivity contribution in [2.75, 3.05) is 37.7 Å². The minimum atomic E-state index is 0.114. The van der Waals surface area contributed by atoms with Crippen molar-refractivity contribution in [3.8, 4) is 0 Å². The fraction of sp³-hybridized carbons (Fsp3) is 0.429. The molecule has 0 unspecified atom stereocenters. The quantitative estimate of drug-likeness (QED) is 0.852. The van der Waals surface area contributed by atoms with Crippen molar-refractivity contribution >= 4 is 11.7 Å². The Kier molecular flexibility index (Phi) is 4.89. The van der Waals surface area contributed by atoms with Crippen LogP contribution < -0.4 is 4.90 Å². The number of anilines is 1. The van der Waals surface area contributed by atoms with Crippen LogP contribution in [0.3, 0.4) is 0 Å². The van der Waals surface area contributed by atoms with E-state index in [9.17, 15) is 4.79 Å². The van der Waals surface area contributed by atoms with E-state index < -0.39 is 0 Å². The van der Waals surface area contributed by atoms with Crippen LogP contribution in [0.25, 0.3) is 0 Å². The van der Waals surface area contributed by atoms with Gasteiger partial charge in [0, 0.05) is 31.4 Å². The third-order valence-corrected chi connectivity index (χ3v) is 5.30. The molecule has 1 aromatic heterocycles. The molecule has 26 heavy (non-hydrogen) atoms. The molecule has 0 bridgehead atoms. The normalized spacial score (nSPS) is 20.4. The Bertz CT molecular complexity index is 772. The highest BCUT2D eigenvalue weighted by Crippen LogP contribution is 2.34. The van der Waals surface area contributed by atoms with Gasteiger partial charge in [-0.1, -0.05) is 18.2 Å². The molecule has 2 saturated heterocycles. The average molecular weight is 351 g/mol. The Morgan fingerprint density at radius 3 is 2.65 bits per heavy atom. The third kappa shape index (κ3) is 3.31. The predicted molar refractivity (Wildman–Crippen MR) is 101 cm³/mol. The maximum Gasteiger partial charge on any atom is 0.254 e. The van der Waals surface area contributed by atoms with Crippen molar-refractivity contribution in [2.24, 2.45) is 0 Å². The topological polar surface area (TPSA) is 45.7 Å². The lowest BCUT2D eigenvalue weighted by molar-refractivity contribution is 0.0735. The molecule has 0 radical (unpaired) electrons. The number of morpholine rings is 1. The van der Waals surface area contributed by atoms with E-state index in [0.717, 1.165) is 62.6 Å². The molecule has 1 atom stereocenters. The number of amides is 1. The van der Waals surface area contributed by atoms with Gasteiger partial charge in [0.2, 0.25) is 0 Å². The predicted octanol–water partition coefficient (Wildman–Crippen LogP) is 3.20. The summed E-state index contributed by atoms with van der Waals surface area (Å²) in [7, 11) is 0. The molecule has 4 rings (SSSR count). The monoisotopic (exact) mass is 351 g/mol. The van der Waals surface area contributed by atoms with Gasteiger partial charge in [-0.3, -0.25) is 4.79 Å². The van der Waals surface area contributed by atoms with Gasteiger partial charge < -0.3 is 14.5 Å². The Labute approximate surface area is 154 Å². The number of benzene rings is 1. The van der Waals surface area contributed by atoms with E-state index in [2.05, 4.69) is 17.9 Å². The Balaban J connectivity index is 1.56. The van der Waals surface area contributed by atoms with Gasteiger partial charge >= 0.3 is 0 Å². The lowest BCUT2D eigenvalue weighted by atomic mass is 10.0. The summed E-state index contributed by atoms with van der Waals surface area (Å²) in [5.41, 5.74) is 3.07. The molecule has 2 fully saturated rings. The van der Waals surface area contributed by atoms with Gasteiger partial charge in [0.1, 0.15) is 5.82 Å². The Hall–Kier alpha value is -2.40. The van der Waals surface area contributed by atoms with Crippen LogP contribution in [-0.4, -0.2) is 48.6 Å². The van der Waals surface area contributed by atoms with E-state index in [1.807, 2.05) is 41.4 Å². The summed E-state index contributed by atoms with van der Waals surface area (Å²) in [5, 5.41) is 0. The molecule has 3 heterocycles. The van der Waals surface area contributed by atoms with Gasteiger partial charge in [-0.2, -0.15) is 0 Å². The first-order chi connectivity index (χ1) is 12.7. The van der Waals surface area contributed by atoms with Crippen LogP contribution in [0.15, 0.2) is 42.6 Å². The standard InChI is InChI=1S/C21H25N3O2/c1-16-14-18(15-22-20(16)23-10-12-26-13-11-23)19-8-5-9-24(19)21(25)17-6-3-2-4-7-17/h2-4,6-7,14-15,19H,5,8-13H2,1H3/t19-/m1/s1. The van der Waals surface area contributed by atoms with Crippen LogP contribution in [0, 0.1) is 6.92 Å². The molecule has 136 valence electrons. The molecule has 1 amide bonds. The summed E-state index contributed by atoms with van der Waals surface area (Å²) in [6.07, 6.45) is 3.99. The van der Waals surface area contributed by atoms with E-state index in [-0.39, 0.29) is 11.9 Å². The van der Waals surface area contributed by atoms with E-state index in [1.54, 1.807) is 0 Å². The number of likely N-dealkylation sites (tertiary alicyclic amines) is 1. The average Bonchev–Trinajstić information content (AvgIpc) is 3.18. The molecule has 0 saturated carbocycles. The second kappa shape index (κ2) is 7.46. The zero-order valence-corrected chi connectivity index (χ0v) is 15.2. The molecule has 1 aromatic carbocycles. The first-order valence-corrected chi connectivity index (χ1v) is 9.39. The molecule has 2 aromatic rings. The van der Waals surface area contributed by atoms with Crippen LogP contribution in [0.2, 0.25) is 0 Å². The van der Waals surface area contributed by atoms with Crippen molar-refractivity contribution in [3.05, 3.63) is 59.3 Å². The third-order valence-electron chi connectivity index (χ3n) is 5.30. The lowest BCUT2D eigenvalue weighted by Crippen LogP contribution is -2.37. The van der Waals surface area contributed by atoms with E-state index in [4.69, 9.17) is 9.72 Å². The van der Waals surface area contributed by atoms with Crippen molar-refractivity contribution in [2.45, 2.75) is 25.8 Å². The molecule has 0 spiro atoms. The number of pyridine rings is 1. The lowest BCUT2D eigenvalue weighted by Gasteiger charge is -2.30. The molecule has 5 nitrogen and oxygen atoms in total. The number of aromatic nitrogens is 1. The highest BCUT2D eigenvalue weighted by atomic mass is 16.5. The summed E-state index contributed by atoms with van der Waals surface area (Å²) < 4.78 is 5.43. The summed E-state index contributed by atoms with van der Waals surface area (Å²) in [4.78, 5) is 21.9. The fourth-order valence-electron chi connectivity index (χ4n) is 3.98. The highest BCUT2D eigenvalue weighted by molar-refractivity contribution is 5.94. The van der Waals surface area contributed by atoms with Gasteiger partial charge in [-0.05, 0) is 49.1 Å². The van der Waals surface area contributed by atoms with Gasteiger partial charge in [-0.25, -0.2) is 4.98 Å². The number of aryl methyl sites for hydroxylation is 1. The van der Waals surface area contributed by atoms with Gasteiger partial charge in [0.15, 0.2) is 0 Å². The summed E-state index contributed by atoms with van der Waals surface area (Å²) in [6, 6.07) is 11.9. The number of rotatable bonds is 3. The second-order valence-electron chi connectivity index (χ2n) is 7.03. The molecule has 0 N–H and O–H groups in total. The summed E-state index contributed by atoms with van der Waals surface area (Å²) >= 11 is 0. The molecule has 5 heteroatoms. The van der Waals surface area contributed by atoms with E-state index in [0.29, 0.717) is 0 Å². The minimum absolute atomic E-state index is 0.114. The maximum atomic E-state index is 12.9. The molecular formula is C21H25N3O2. The van der Waals surface area contributed by atoms with Gasteiger partial charge in [0.05, 0.1) is 19.3 Å². The molecule has 2 aliphatic rings. The smallest absolute Gasteiger partial charge is 0.254 e. The largest absolute Gasteiger partial charge is 0.378 e. The van der Waals surface area contributed by atoms with Crippen molar-refractivity contribution in [1.29, 1.82) is 0 Å². The second-order valence-corrected chi connectivity index (χ2v) is 7.03. The Morgan fingerprint density at radius 2 is 1.92 bits per heavy atom. The molecule has 0 aliphatic carbocycles. The first kappa shape index (κ1) is 17.0. The van der Waals surface area contributed by atoms with Gasteiger partial charge in [0.25, 0.3) is 5.91 Å². The minimum Gasteiger partial charge on any atom is -0.378 e. The number of carbonyl (C=O) groups is 1. The number of hydrogen-bond acceptors (Lipinski definition) is 4. The van der Waals surface area contributed by atoms with Crippen LogP contribution in [0.4, 0.5) is 5.82 Å². The Morgan fingerprint density at radius 1 is 1.15 bits per heavy atom. The van der Waals surface area contributed by atoms with Crippen molar-refractivity contribution in [3.63, 3.8) is 0 Å². The van der Waals surface area contributed by atoms with Crippen molar-refractivity contribution < 1.29 is 9.53 Å². The molecular weight excluding hydrogens is 326 g/mol.